The zero-order valence-corrected chi connectivity index (χ0v) is 16.5. The second kappa shape index (κ2) is 8.62. The van der Waals surface area contributed by atoms with Crippen molar-refractivity contribution in [2.24, 2.45) is 0 Å². The number of sulfonamides is 1. The van der Waals surface area contributed by atoms with Crippen LogP contribution in [0.5, 0.6) is 5.75 Å². The van der Waals surface area contributed by atoms with Crippen LogP contribution in [0.2, 0.25) is 10.0 Å². The molecule has 2 aromatic carbocycles. The summed E-state index contributed by atoms with van der Waals surface area (Å²) >= 11 is 11.8. The smallest absolute Gasteiger partial charge is 0.232 e. The van der Waals surface area contributed by atoms with E-state index in [1.165, 1.54) is 20.1 Å². The van der Waals surface area contributed by atoms with Gasteiger partial charge in [-0.15, -0.1) is 0 Å². The van der Waals surface area contributed by atoms with Crippen molar-refractivity contribution in [2.75, 3.05) is 22.9 Å². The fraction of sp³-hybridized carbons (Fsp3) is 0.235. The number of hydrogen-bond donors (Lipinski definition) is 2. The highest BCUT2D eigenvalue weighted by molar-refractivity contribution is 7.92. The molecule has 0 aliphatic heterocycles. The summed E-state index contributed by atoms with van der Waals surface area (Å²) in [5, 5.41) is 3.53. The number of methoxy groups -OCH3 is 1. The molecule has 2 N–H and O–H groups in total. The molecular weight excluding hydrogens is 399 g/mol. The van der Waals surface area contributed by atoms with Crippen molar-refractivity contribution in [1.82, 2.24) is 0 Å². The summed E-state index contributed by atoms with van der Waals surface area (Å²) in [5.41, 5.74) is 1.50. The van der Waals surface area contributed by atoms with Gasteiger partial charge in [-0.2, -0.15) is 0 Å². The van der Waals surface area contributed by atoms with Crippen LogP contribution in [0.4, 0.5) is 11.4 Å². The molecule has 0 bridgehead atoms. The molecule has 0 radical (unpaired) electrons. The standard InChI is InChI=1S/C17H18Cl2N2O4S/c1-3-26(23,24)21-15-7-5-12(10-16(15)25-2)20-17(22)9-11-4-6-13(18)14(19)8-11/h4-8,10,21H,3,9H2,1-2H3,(H,20,22). The minimum atomic E-state index is -3.43. The highest BCUT2D eigenvalue weighted by Crippen LogP contribution is 2.29. The SMILES string of the molecule is CCS(=O)(=O)Nc1ccc(NC(=O)Cc2ccc(Cl)c(Cl)c2)cc1OC. The van der Waals surface area contributed by atoms with Crippen molar-refractivity contribution in [1.29, 1.82) is 0 Å². The van der Waals surface area contributed by atoms with Gasteiger partial charge >= 0.3 is 0 Å². The molecule has 9 heteroatoms. The lowest BCUT2D eigenvalue weighted by atomic mass is 10.1. The van der Waals surface area contributed by atoms with Crippen molar-refractivity contribution < 1.29 is 17.9 Å². The Morgan fingerprint density at radius 1 is 1.12 bits per heavy atom. The second-order valence-corrected chi connectivity index (χ2v) is 8.22. The maximum absolute atomic E-state index is 12.2. The predicted molar refractivity (Wildman–Crippen MR) is 105 cm³/mol. The molecule has 1 amide bonds. The monoisotopic (exact) mass is 416 g/mol. The second-order valence-electron chi connectivity index (χ2n) is 5.39. The number of amides is 1. The summed E-state index contributed by atoms with van der Waals surface area (Å²) in [6.07, 6.45) is 0.115. The quantitative estimate of drug-likeness (QED) is 0.715. The lowest BCUT2D eigenvalue weighted by Gasteiger charge is -2.13. The number of anilines is 2. The summed E-state index contributed by atoms with van der Waals surface area (Å²) in [6.45, 7) is 1.53. The first kappa shape index (κ1) is 20.4. The van der Waals surface area contributed by atoms with Gasteiger partial charge in [0.2, 0.25) is 15.9 Å². The third-order valence-electron chi connectivity index (χ3n) is 3.48. The molecule has 0 spiro atoms. The van der Waals surface area contributed by atoms with E-state index in [1.54, 1.807) is 30.3 Å². The van der Waals surface area contributed by atoms with Crippen molar-refractivity contribution in [2.45, 2.75) is 13.3 Å². The Kier molecular flexibility index (Phi) is 6.75. The van der Waals surface area contributed by atoms with E-state index in [2.05, 4.69) is 10.0 Å². The van der Waals surface area contributed by atoms with E-state index in [0.717, 1.165) is 5.56 Å². The average molecular weight is 417 g/mol. The van der Waals surface area contributed by atoms with Crippen molar-refractivity contribution >= 4 is 50.5 Å². The topological polar surface area (TPSA) is 84.5 Å². The molecule has 0 unspecified atom stereocenters. The largest absolute Gasteiger partial charge is 0.494 e. The number of nitrogens with one attached hydrogen (secondary N) is 2. The Morgan fingerprint density at radius 2 is 1.85 bits per heavy atom. The molecule has 140 valence electrons. The molecule has 6 nitrogen and oxygen atoms in total. The normalized spacial score (nSPS) is 11.1. The molecular formula is C17H18Cl2N2O4S. The molecule has 2 rings (SSSR count). The molecule has 2 aromatic rings. The fourth-order valence-corrected chi connectivity index (χ4v) is 3.10. The zero-order valence-electron chi connectivity index (χ0n) is 14.2. The average Bonchev–Trinajstić information content (AvgIpc) is 2.59. The summed E-state index contributed by atoms with van der Waals surface area (Å²) in [6, 6.07) is 9.64. The minimum Gasteiger partial charge on any atom is -0.494 e. The molecule has 0 fully saturated rings. The lowest BCUT2D eigenvalue weighted by molar-refractivity contribution is -0.115. The van der Waals surface area contributed by atoms with E-state index in [0.29, 0.717) is 27.2 Å². The zero-order chi connectivity index (χ0) is 19.3. The van der Waals surface area contributed by atoms with E-state index in [9.17, 15) is 13.2 Å². The van der Waals surface area contributed by atoms with Crippen LogP contribution in [0.3, 0.4) is 0 Å². The van der Waals surface area contributed by atoms with Crippen LogP contribution in [0.25, 0.3) is 0 Å². The summed E-state index contributed by atoms with van der Waals surface area (Å²) < 4.78 is 31.0. The van der Waals surface area contributed by atoms with Crippen LogP contribution in [0, 0.1) is 0 Å². The first-order valence-corrected chi connectivity index (χ1v) is 10.1. The van der Waals surface area contributed by atoms with Gasteiger partial charge in [-0.05, 0) is 36.8 Å². The number of carbonyl (C=O) groups is 1. The van der Waals surface area contributed by atoms with Crippen LogP contribution in [0.1, 0.15) is 12.5 Å². The Balaban J connectivity index is 2.11. The van der Waals surface area contributed by atoms with Gasteiger partial charge in [0, 0.05) is 11.8 Å². The number of carbonyl (C=O) groups excluding carboxylic acids is 1. The van der Waals surface area contributed by atoms with Crippen molar-refractivity contribution in [3.05, 3.63) is 52.0 Å². The van der Waals surface area contributed by atoms with E-state index in [1.807, 2.05) is 0 Å². The minimum absolute atomic E-state index is 0.0572. The van der Waals surface area contributed by atoms with Gasteiger partial charge in [0.25, 0.3) is 0 Å². The first-order valence-electron chi connectivity index (χ1n) is 7.66. The van der Waals surface area contributed by atoms with Crippen LogP contribution in [-0.4, -0.2) is 27.2 Å². The van der Waals surface area contributed by atoms with E-state index < -0.39 is 10.0 Å². The van der Waals surface area contributed by atoms with Crippen LogP contribution >= 0.6 is 23.2 Å². The maximum Gasteiger partial charge on any atom is 0.232 e. The van der Waals surface area contributed by atoms with E-state index in [4.69, 9.17) is 27.9 Å². The molecule has 26 heavy (non-hydrogen) atoms. The van der Waals surface area contributed by atoms with Gasteiger partial charge in [-0.1, -0.05) is 29.3 Å². The van der Waals surface area contributed by atoms with Crippen LogP contribution < -0.4 is 14.8 Å². The fourth-order valence-electron chi connectivity index (χ4n) is 2.13. The van der Waals surface area contributed by atoms with E-state index in [-0.39, 0.29) is 18.1 Å². The molecule has 0 saturated heterocycles. The molecule has 0 saturated carbocycles. The molecule has 0 heterocycles. The Hall–Kier alpha value is -1.96. The van der Waals surface area contributed by atoms with Gasteiger partial charge in [0.05, 0.1) is 35.0 Å². The Labute approximate surface area is 162 Å². The number of hydrogen-bond acceptors (Lipinski definition) is 4. The highest BCUT2D eigenvalue weighted by Gasteiger charge is 2.13. The molecule has 0 aliphatic carbocycles. The number of halogens is 2. The number of ether oxygens (including phenoxy) is 1. The number of benzene rings is 2. The van der Waals surface area contributed by atoms with Crippen molar-refractivity contribution in [3.8, 4) is 5.75 Å². The molecule has 0 aliphatic rings. The molecule has 0 atom stereocenters. The first-order chi connectivity index (χ1) is 12.2. The van der Waals surface area contributed by atoms with Gasteiger partial charge in [-0.25, -0.2) is 8.42 Å². The number of rotatable bonds is 7. The third kappa shape index (κ3) is 5.52. The van der Waals surface area contributed by atoms with Gasteiger partial charge in [-0.3, -0.25) is 9.52 Å². The summed E-state index contributed by atoms with van der Waals surface area (Å²) in [4.78, 5) is 12.2. The van der Waals surface area contributed by atoms with Crippen LogP contribution in [0.15, 0.2) is 36.4 Å². The maximum atomic E-state index is 12.2. The third-order valence-corrected chi connectivity index (χ3v) is 5.51. The van der Waals surface area contributed by atoms with E-state index >= 15 is 0 Å². The Bertz CT molecular complexity index is 917. The van der Waals surface area contributed by atoms with Crippen molar-refractivity contribution in [3.63, 3.8) is 0 Å². The summed E-state index contributed by atoms with van der Waals surface area (Å²) in [7, 11) is -2.01. The molecule has 0 aromatic heterocycles. The lowest BCUT2D eigenvalue weighted by Crippen LogP contribution is -2.16. The Morgan fingerprint density at radius 3 is 2.46 bits per heavy atom. The van der Waals surface area contributed by atoms with Gasteiger partial charge < -0.3 is 10.1 Å². The van der Waals surface area contributed by atoms with Crippen LogP contribution in [-0.2, 0) is 21.2 Å². The summed E-state index contributed by atoms with van der Waals surface area (Å²) in [5.74, 6) is -0.0140. The van der Waals surface area contributed by atoms with Gasteiger partial charge in [0.1, 0.15) is 5.75 Å². The predicted octanol–water partition coefficient (Wildman–Crippen LogP) is 3.94. The highest BCUT2D eigenvalue weighted by atomic mass is 35.5. The van der Waals surface area contributed by atoms with Gasteiger partial charge in [0.15, 0.2) is 0 Å².